The average molecular weight is 391 g/mol. The molecule has 1 fully saturated rings. The summed E-state index contributed by atoms with van der Waals surface area (Å²) >= 11 is 0. The van der Waals surface area contributed by atoms with Crippen molar-refractivity contribution in [3.05, 3.63) is 23.8 Å². The van der Waals surface area contributed by atoms with Gasteiger partial charge >= 0.3 is 11.9 Å². The van der Waals surface area contributed by atoms with Crippen LogP contribution in [0.5, 0.6) is 0 Å². The second kappa shape index (κ2) is 9.25. The Balaban J connectivity index is 1.70. The molecule has 3 rings (SSSR count). The molecule has 5 nitrogen and oxygen atoms in total. The van der Waals surface area contributed by atoms with Crippen LogP contribution in [0.1, 0.15) is 65.7 Å². The molecule has 1 N–H and O–H groups in total. The molecule has 0 spiro atoms. The first-order valence-electron chi connectivity index (χ1n) is 10.8. The molecule has 0 aromatic rings. The maximum absolute atomic E-state index is 12.4. The maximum Gasteiger partial charge on any atom is 0.308 e. The zero-order valence-electron chi connectivity index (χ0n) is 17.3. The van der Waals surface area contributed by atoms with Gasteiger partial charge in [-0.15, -0.1) is 0 Å². The molecular formula is C23H34O5. The number of cyclic esters (lactones) is 1. The van der Waals surface area contributed by atoms with Crippen LogP contribution in [0.2, 0.25) is 0 Å². The summed E-state index contributed by atoms with van der Waals surface area (Å²) in [6, 6.07) is 0. The van der Waals surface area contributed by atoms with Crippen LogP contribution in [0.3, 0.4) is 0 Å². The topological polar surface area (TPSA) is 72.8 Å². The molecule has 0 saturated carbocycles. The first-order valence-corrected chi connectivity index (χ1v) is 10.8. The average Bonchev–Trinajstić information content (AvgIpc) is 2.66. The van der Waals surface area contributed by atoms with Crippen LogP contribution in [-0.2, 0) is 19.1 Å². The third kappa shape index (κ3) is 4.86. The number of hydrogen-bond donors (Lipinski definition) is 1. The Kier molecular flexibility index (Phi) is 6.97. The molecule has 0 aromatic heterocycles. The molecule has 156 valence electrons. The fraction of sp³-hybridized carbons (Fsp3) is 0.739. The van der Waals surface area contributed by atoms with E-state index in [1.807, 2.05) is 13.8 Å². The number of carbonyl (C=O) groups excluding carboxylic acids is 2. The molecule has 1 saturated heterocycles. The van der Waals surface area contributed by atoms with Gasteiger partial charge in [-0.3, -0.25) is 9.59 Å². The van der Waals surface area contributed by atoms with Crippen molar-refractivity contribution in [1.82, 2.24) is 0 Å². The fourth-order valence-electron chi connectivity index (χ4n) is 4.80. The van der Waals surface area contributed by atoms with Gasteiger partial charge in [0.15, 0.2) is 0 Å². The van der Waals surface area contributed by atoms with E-state index in [-0.39, 0.29) is 42.4 Å². The Labute approximate surface area is 168 Å². The van der Waals surface area contributed by atoms with Gasteiger partial charge in [0.1, 0.15) is 12.2 Å². The fourth-order valence-corrected chi connectivity index (χ4v) is 4.80. The van der Waals surface area contributed by atoms with Crippen molar-refractivity contribution in [2.45, 2.75) is 84.0 Å². The summed E-state index contributed by atoms with van der Waals surface area (Å²) in [6.45, 7) is 6.14. The van der Waals surface area contributed by atoms with Crippen molar-refractivity contribution < 1.29 is 24.2 Å². The highest BCUT2D eigenvalue weighted by atomic mass is 16.5. The van der Waals surface area contributed by atoms with E-state index >= 15 is 0 Å². The van der Waals surface area contributed by atoms with Crippen molar-refractivity contribution >= 4 is 11.9 Å². The summed E-state index contributed by atoms with van der Waals surface area (Å²) in [6.07, 6.45) is 10.6. The molecule has 0 amide bonds. The van der Waals surface area contributed by atoms with Gasteiger partial charge in [-0.1, -0.05) is 39.0 Å². The Morgan fingerprint density at radius 1 is 1.39 bits per heavy atom. The minimum absolute atomic E-state index is 0.0764. The van der Waals surface area contributed by atoms with E-state index in [0.29, 0.717) is 18.3 Å². The Morgan fingerprint density at radius 2 is 2.18 bits per heavy atom. The smallest absolute Gasteiger partial charge is 0.308 e. The van der Waals surface area contributed by atoms with Crippen LogP contribution in [0, 0.1) is 23.7 Å². The number of hydrogen-bond acceptors (Lipinski definition) is 5. The van der Waals surface area contributed by atoms with E-state index in [0.717, 1.165) is 32.1 Å². The summed E-state index contributed by atoms with van der Waals surface area (Å²) < 4.78 is 11.4. The van der Waals surface area contributed by atoms with E-state index in [9.17, 15) is 14.7 Å². The summed E-state index contributed by atoms with van der Waals surface area (Å²) in [7, 11) is 0. The van der Waals surface area contributed by atoms with Crippen LogP contribution in [0.15, 0.2) is 23.8 Å². The molecule has 0 bridgehead atoms. The van der Waals surface area contributed by atoms with E-state index < -0.39 is 6.10 Å². The van der Waals surface area contributed by atoms with Gasteiger partial charge in [-0.25, -0.2) is 0 Å². The van der Waals surface area contributed by atoms with Gasteiger partial charge in [-0.05, 0) is 49.5 Å². The molecule has 0 radical (unpaired) electrons. The highest BCUT2D eigenvalue weighted by Gasteiger charge is 2.40. The molecule has 7 atom stereocenters. The minimum Gasteiger partial charge on any atom is -0.462 e. The lowest BCUT2D eigenvalue weighted by molar-refractivity contribution is -0.162. The van der Waals surface area contributed by atoms with Crippen LogP contribution in [0.4, 0.5) is 0 Å². The van der Waals surface area contributed by atoms with Crippen molar-refractivity contribution in [2.75, 3.05) is 0 Å². The second-order valence-corrected chi connectivity index (χ2v) is 8.76. The van der Waals surface area contributed by atoms with Crippen LogP contribution >= 0.6 is 0 Å². The number of carbonyl (C=O) groups is 2. The predicted octanol–water partition coefficient (Wildman–Crippen LogP) is 3.95. The van der Waals surface area contributed by atoms with Crippen LogP contribution in [0.25, 0.3) is 0 Å². The summed E-state index contributed by atoms with van der Waals surface area (Å²) in [4.78, 5) is 24.1. The van der Waals surface area contributed by atoms with Gasteiger partial charge in [0.25, 0.3) is 0 Å². The quantitative estimate of drug-likeness (QED) is 0.695. The van der Waals surface area contributed by atoms with Gasteiger partial charge in [0.2, 0.25) is 0 Å². The highest BCUT2D eigenvalue weighted by molar-refractivity contribution is 5.72. The minimum atomic E-state index is -0.593. The number of aliphatic hydroxyl groups excluding tert-OH is 1. The number of rotatable bonds is 6. The zero-order valence-corrected chi connectivity index (χ0v) is 17.3. The van der Waals surface area contributed by atoms with Crippen molar-refractivity contribution in [2.24, 2.45) is 23.7 Å². The van der Waals surface area contributed by atoms with Gasteiger partial charge in [0.05, 0.1) is 18.4 Å². The number of esters is 2. The molecule has 1 heterocycles. The highest BCUT2D eigenvalue weighted by Crippen LogP contribution is 2.44. The lowest BCUT2D eigenvalue weighted by atomic mass is 9.66. The van der Waals surface area contributed by atoms with Gasteiger partial charge in [-0.2, -0.15) is 0 Å². The summed E-state index contributed by atoms with van der Waals surface area (Å²) in [5, 5.41) is 9.86. The molecule has 1 unspecified atom stereocenters. The van der Waals surface area contributed by atoms with Crippen LogP contribution in [-0.4, -0.2) is 35.4 Å². The largest absolute Gasteiger partial charge is 0.462 e. The SMILES string of the molecule is CCC(C)C(=O)O[C@H]1CCC=C2C=C[C@H](C)[C@H](CC[C@H]3C[C@@H](O)CC(=O)O3)[C@@H]21. The van der Waals surface area contributed by atoms with Crippen molar-refractivity contribution in [1.29, 1.82) is 0 Å². The van der Waals surface area contributed by atoms with Gasteiger partial charge < -0.3 is 14.6 Å². The second-order valence-electron chi connectivity index (χ2n) is 8.76. The summed E-state index contributed by atoms with van der Waals surface area (Å²) in [5.41, 5.74) is 1.27. The molecule has 1 aliphatic heterocycles. The Hall–Kier alpha value is -1.62. The number of allylic oxidation sites excluding steroid dienone is 3. The molecule has 2 aliphatic carbocycles. The van der Waals surface area contributed by atoms with E-state index in [1.54, 1.807) is 0 Å². The molecule has 0 aromatic carbocycles. The Morgan fingerprint density at radius 3 is 2.89 bits per heavy atom. The number of ether oxygens (including phenoxy) is 2. The standard InChI is InChI=1S/C23H34O5/c1-4-14(2)23(26)28-20-7-5-6-16-9-8-15(3)19(22(16)20)11-10-18-12-17(24)13-21(25)27-18/h6,8-9,14-15,17-20,22,24H,4-5,7,10-13H2,1-3H3/t14?,15-,17+,18-,19-,20-,22+/m0/s1. The van der Waals surface area contributed by atoms with Crippen molar-refractivity contribution in [3.8, 4) is 0 Å². The van der Waals surface area contributed by atoms with E-state index in [4.69, 9.17) is 9.47 Å². The number of aliphatic hydroxyl groups is 1. The van der Waals surface area contributed by atoms with E-state index in [2.05, 4.69) is 25.2 Å². The lowest BCUT2D eigenvalue weighted by Crippen LogP contribution is -2.40. The molecular weight excluding hydrogens is 356 g/mol. The third-order valence-corrected chi connectivity index (χ3v) is 6.69. The first-order chi connectivity index (χ1) is 13.4. The lowest BCUT2D eigenvalue weighted by Gasteiger charge is -2.42. The van der Waals surface area contributed by atoms with Crippen molar-refractivity contribution in [3.63, 3.8) is 0 Å². The third-order valence-electron chi connectivity index (χ3n) is 6.69. The maximum atomic E-state index is 12.4. The normalized spacial score (nSPS) is 36.1. The zero-order chi connectivity index (χ0) is 20.3. The first kappa shape index (κ1) is 21.1. The van der Waals surface area contributed by atoms with Crippen LogP contribution < -0.4 is 0 Å². The predicted molar refractivity (Wildman–Crippen MR) is 106 cm³/mol. The monoisotopic (exact) mass is 390 g/mol. The van der Waals surface area contributed by atoms with Gasteiger partial charge in [0, 0.05) is 12.3 Å². The molecule has 3 aliphatic rings. The Bertz CT molecular complexity index is 637. The van der Waals surface area contributed by atoms with E-state index in [1.165, 1.54) is 5.57 Å². The molecule has 28 heavy (non-hydrogen) atoms. The number of fused-ring (bicyclic) bond motifs is 1. The summed E-state index contributed by atoms with van der Waals surface area (Å²) in [5.74, 6) is 0.426. The molecule has 5 heteroatoms.